The van der Waals surface area contributed by atoms with Crippen LogP contribution in [0.15, 0.2) is 72.8 Å². The van der Waals surface area contributed by atoms with E-state index in [1.165, 1.54) is 0 Å². The highest BCUT2D eigenvalue weighted by atomic mass is 16.6. The van der Waals surface area contributed by atoms with Gasteiger partial charge in [-0.1, -0.05) is 36.4 Å². The minimum atomic E-state index is -0.640. The van der Waals surface area contributed by atoms with Crippen LogP contribution < -0.4 is 9.47 Å². The summed E-state index contributed by atoms with van der Waals surface area (Å²) in [5, 5.41) is 0. The first-order chi connectivity index (χ1) is 12.7. The molecule has 0 N–H and O–H groups in total. The molecule has 0 unspecified atom stereocenters. The van der Waals surface area contributed by atoms with Gasteiger partial charge in [0.1, 0.15) is 37.9 Å². The SMILES string of the molecule is O=C(/C=C/C(=O)OCCOc1ccccc1)OCCOc1ccccc1. The van der Waals surface area contributed by atoms with Crippen LogP contribution in [0.4, 0.5) is 0 Å². The average Bonchev–Trinajstić information content (AvgIpc) is 2.68. The highest BCUT2D eigenvalue weighted by Gasteiger charge is 2.02. The summed E-state index contributed by atoms with van der Waals surface area (Å²) < 4.78 is 20.6. The van der Waals surface area contributed by atoms with Gasteiger partial charge in [0.05, 0.1) is 0 Å². The van der Waals surface area contributed by atoms with Crippen molar-refractivity contribution in [3.8, 4) is 11.5 Å². The fourth-order valence-corrected chi connectivity index (χ4v) is 1.87. The minimum absolute atomic E-state index is 0.0814. The first-order valence-electron chi connectivity index (χ1n) is 8.11. The van der Waals surface area contributed by atoms with Crippen molar-refractivity contribution >= 4 is 11.9 Å². The van der Waals surface area contributed by atoms with Crippen LogP contribution in [-0.4, -0.2) is 38.4 Å². The molecule has 0 spiro atoms. The molecule has 0 saturated carbocycles. The lowest BCUT2D eigenvalue weighted by molar-refractivity contribution is -0.141. The standard InChI is InChI=1S/C20H20O6/c21-19(25-15-13-23-17-7-3-1-4-8-17)11-12-20(22)26-16-14-24-18-9-5-2-6-10-18/h1-12H,13-16H2/b12-11+. The molecule has 2 rings (SSSR count). The summed E-state index contributed by atoms with van der Waals surface area (Å²) in [6, 6.07) is 18.4. The van der Waals surface area contributed by atoms with E-state index in [-0.39, 0.29) is 26.4 Å². The van der Waals surface area contributed by atoms with Gasteiger partial charge in [-0.05, 0) is 24.3 Å². The Labute approximate surface area is 151 Å². The predicted molar refractivity (Wildman–Crippen MR) is 94.9 cm³/mol. The summed E-state index contributed by atoms with van der Waals surface area (Å²) >= 11 is 0. The van der Waals surface area contributed by atoms with Crippen LogP contribution in [0.5, 0.6) is 11.5 Å². The molecule has 0 saturated heterocycles. The van der Waals surface area contributed by atoms with Gasteiger partial charge in [0.25, 0.3) is 0 Å². The zero-order valence-corrected chi connectivity index (χ0v) is 14.2. The zero-order valence-electron chi connectivity index (χ0n) is 14.2. The second kappa shape index (κ2) is 11.3. The summed E-state index contributed by atoms with van der Waals surface area (Å²) in [5.41, 5.74) is 0. The van der Waals surface area contributed by atoms with Gasteiger partial charge in [-0.2, -0.15) is 0 Å². The molecule has 0 aliphatic carbocycles. The molecule has 0 heterocycles. The number of esters is 2. The van der Waals surface area contributed by atoms with Gasteiger partial charge in [-0.3, -0.25) is 0 Å². The summed E-state index contributed by atoms with van der Waals surface area (Å²) in [4.78, 5) is 23.0. The predicted octanol–water partition coefficient (Wildman–Crippen LogP) is 2.79. The van der Waals surface area contributed by atoms with E-state index in [0.29, 0.717) is 11.5 Å². The average molecular weight is 356 g/mol. The van der Waals surface area contributed by atoms with E-state index in [0.717, 1.165) is 12.2 Å². The molecule has 2 aromatic rings. The van der Waals surface area contributed by atoms with E-state index in [2.05, 4.69) is 0 Å². The van der Waals surface area contributed by atoms with Gasteiger partial charge < -0.3 is 18.9 Å². The number of benzene rings is 2. The van der Waals surface area contributed by atoms with Crippen LogP contribution in [0.2, 0.25) is 0 Å². The van der Waals surface area contributed by atoms with E-state index < -0.39 is 11.9 Å². The maximum Gasteiger partial charge on any atom is 0.331 e. The molecule has 136 valence electrons. The quantitative estimate of drug-likeness (QED) is 0.370. The molecule has 0 aliphatic rings. The molecule has 26 heavy (non-hydrogen) atoms. The molecule has 0 atom stereocenters. The van der Waals surface area contributed by atoms with Gasteiger partial charge in [-0.25, -0.2) is 9.59 Å². The summed E-state index contributed by atoms with van der Waals surface area (Å²) in [5.74, 6) is 0.110. The lowest BCUT2D eigenvalue weighted by Gasteiger charge is -2.06. The largest absolute Gasteiger partial charge is 0.490 e. The number of hydrogen-bond donors (Lipinski definition) is 0. The Morgan fingerprint density at radius 3 is 1.38 bits per heavy atom. The third-order valence-corrected chi connectivity index (χ3v) is 3.03. The number of hydrogen-bond acceptors (Lipinski definition) is 6. The van der Waals surface area contributed by atoms with Crippen molar-refractivity contribution in [2.75, 3.05) is 26.4 Å². The first kappa shape index (κ1) is 19.1. The highest BCUT2D eigenvalue weighted by molar-refractivity contribution is 5.91. The normalized spacial score (nSPS) is 10.3. The van der Waals surface area contributed by atoms with E-state index in [1.807, 2.05) is 36.4 Å². The van der Waals surface area contributed by atoms with E-state index in [4.69, 9.17) is 18.9 Å². The Bertz CT molecular complexity index is 635. The van der Waals surface area contributed by atoms with Crippen LogP contribution in [0.1, 0.15) is 0 Å². The van der Waals surface area contributed by atoms with Crippen molar-refractivity contribution in [1.29, 1.82) is 0 Å². The van der Waals surface area contributed by atoms with Gasteiger partial charge in [-0.15, -0.1) is 0 Å². The zero-order chi connectivity index (χ0) is 18.5. The number of para-hydroxylation sites is 2. The lowest BCUT2D eigenvalue weighted by Crippen LogP contribution is -2.12. The van der Waals surface area contributed by atoms with Crippen LogP contribution in [0.3, 0.4) is 0 Å². The molecule has 0 bridgehead atoms. The molecule has 0 aliphatic heterocycles. The van der Waals surface area contributed by atoms with Crippen molar-refractivity contribution in [3.63, 3.8) is 0 Å². The molecule has 0 fully saturated rings. The van der Waals surface area contributed by atoms with Gasteiger partial charge in [0.15, 0.2) is 0 Å². The molecule has 6 nitrogen and oxygen atoms in total. The van der Waals surface area contributed by atoms with Crippen molar-refractivity contribution in [2.45, 2.75) is 0 Å². The Morgan fingerprint density at radius 1 is 0.615 bits per heavy atom. The topological polar surface area (TPSA) is 71.1 Å². The molecule has 6 heteroatoms. The van der Waals surface area contributed by atoms with Crippen molar-refractivity contribution in [3.05, 3.63) is 72.8 Å². The molecule has 0 radical (unpaired) electrons. The van der Waals surface area contributed by atoms with Crippen molar-refractivity contribution in [1.82, 2.24) is 0 Å². The highest BCUT2D eigenvalue weighted by Crippen LogP contribution is 2.08. The van der Waals surface area contributed by atoms with Crippen LogP contribution in [0, 0.1) is 0 Å². The maximum atomic E-state index is 11.5. The van der Waals surface area contributed by atoms with Crippen molar-refractivity contribution in [2.24, 2.45) is 0 Å². The van der Waals surface area contributed by atoms with E-state index in [1.54, 1.807) is 24.3 Å². The molecular weight excluding hydrogens is 336 g/mol. The maximum absolute atomic E-state index is 11.5. The van der Waals surface area contributed by atoms with Crippen molar-refractivity contribution < 1.29 is 28.5 Å². The van der Waals surface area contributed by atoms with Gasteiger partial charge >= 0.3 is 11.9 Å². The third kappa shape index (κ3) is 8.01. The lowest BCUT2D eigenvalue weighted by atomic mass is 10.3. The second-order valence-electron chi connectivity index (χ2n) is 4.99. The Hall–Kier alpha value is -3.28. The number of rotatable bonds is 10. The van der Waals surface area contributed by atoms with Crippen LogP contribution in [-0.2, 0) is 19.1 Å². The Balaban J connectivity index is 1.53. The Kier molecular flexibility index (Phi) is 8.28. The van der Waals surface area contributed by atoms with Crippen LogP contribution in [0.25, 0.3) is 0 Å². The monoisotopic (exact) mass is 356 g/mol. The molecule has 0 aromatic heterocycles. The molecule has 2 aromatic carbocycles. The fraction of sp³-hybridized carbons (Fsp3) is 0.200. The third-order valence-electron chi connectivity index (χ3n) is 3.03. The fourth-order valence-electron chi connectivity index (χ4n) is 1.87. The number of carbonyl (C=O) groups excluding carboxylic acids is 2. The number of carbonyl (C=O) groups is 2. The number of ether oxygens (including phenoxy) is 4. The Morgan fingerprint density at radius 2 is 1.00 bits per heavy atom. The second-order valence-corrected chi connectivity index (χ2v) is 4.99. The summed E-state index contributed by atoms with van der Waals surface area (Å²) in [6.07, 6.45) is 2.03. The van der Waals surface area contributed by atoms with E-state index in [9.17, 15) is 9.59 Å². The molecular formula is C20H20O6. The van der Waals surface area contributed by atoms with Crippen LogP contribution >= 0.6 is 0 Å². The van der Waals surface area contributed by atoms with Gasteiger partial charge in [0, 0.05) is 12.2 Å². The first-order valence-corrected chi connectivity index (χ1v) is 8.11. The summed E-state index contributed by atoms with van der Waals surface area (Å²) in [6.45, 7) is 0.617. The molecule has 0 amide bonds. The smallest absolute Gasteiger partial charge is 0.331 e. The minimum Gasteiger partial charge on any atom is -0.490 e. The summed E-state index contributed by atoms with van der Waals surface area (Å²) in [7, 11) is 0. The van der Waals surface area contributed by atoms with Gasteiger partial charge in [0.2, 0.25) is 0 Å². The van der Waals surface area contributed by atoms with E-state index >= 15 is 0 Å².